The number of rotatable bonds is 4. The number of likely N-dealkylation sites (tertiary alicyclic amines) is 1. The number of carbonyl (C=O) groups excluding carboxylic acids is 2. The number of aliphatic hydroxyl groups excluding tert-OH is 1. The van der Waals surface area contributed by atoms with Gasteiger partial charge in [-0.2, -0.15) is 0 Å². The molecule has 0 saturated carbocycles. The van der Waals surface area contributed by atoms with Crippen LogP contribution in [0.25, 0.3) is 0 Å². The van der Waals surface area contributed by atoms with Crippen LogP contribution >= 0.6 is 0 Å². The van der Waals surface area contributed by atoms with Crippen LogP contribution in [0.15, 0.2) is 53.3 Å². The fourth-order valence-electron chi connectivity index (χ4n) is 4.70. The summed E-state index contributed by atoms with van der Waals surface area (Å²) in [5, 5.41) is 12.7. The second kappa shape index (κ2) is 7.83. The highest BCUT2D eigenvalue weighted by Crippen LogP contribution is 2.41. The van der Waals surface area contributed by atoms with Crippen molar-refractivity contribution in [2.24, 2.45) is 5.92 Å². The summed E-state index contributed by atoms with van der Waals surface area (Å²) in [7, 11) is 0. The Labute approximate surface area is 169 Å². The molecule has 2 N–H and O–H groups in total. The van der Waals surface area contributed by atoms with Gasteiger partial charge in [-0.05, 0) is 18.1 Å². The first-order valence-electron chi connectivity index (χ1n) is 9.92. The summed E-state index contributed by atoms with van der Waals surface area (Å²) in [6.07, 6.45) is 0.750. The van der Waals surface area contributed by atoms with E-state index >= 15 is 0 Å². The molecule has 2 aliphatic rings. The number of hydrogen-bond acceptors (Lipinski definition) is 4. The van der Waals surface area contributed by atoms with Crippen molar-refractivity contribution in [1.82, 2.24) is 14.8 Å². The van der Waals surface area contributed by atoms with Gasteiger partial charge >= 0.3 is 0 Å². The molecule has 1 aromatic heterocycles. The minimum absolute atomic E-state index is 0.0249. The SMILES string of the molecule is CC(=O)N1C[C@H]2C[C@@H](C1)[C@H](C(=O)N[C@@H](CO)c1ccccc1)n1c2cccc1=O. The maximum atomic E-state index is 13.3. The van der Waals surface area contributed by atoms with Crippen molar-refractivity contribution < 1.29 is 14.7 Å². The predicted molar refractivity (Wildman–Crippen MR) is 107 cm³/mol. The maximum Gasteiger partial charge on any atom is 0.251 e. The van der Waals surface area contributed by atoms with Gasteiger partial charge in [-0.15, -0.1) is 0 Å². The number of hydrogen-bond donors (Lipinski definition) is 2. The van der Waals surface area contributed by atoms with E-state index in [0.29, 0.717) is 13.1 Å². The summed E-state index contributed by atoms with van der Waals surface area (Å²) in [6.45, 7) is 2.30. The second-order valence-corrected chi connectivity index (χ2v) is 7.87. The lowest BCUT2D eigenvalue weighted by atomic mass is 9.78. The topological polar surface area (TPSA) is 91.6 Å². The molecule has 1 aromatic carbocycles. The van der Waals surface area contributed by atoms with Crippen molar-refractivity contribution in [1.29, 1.82) is 0 Å². The van der Waals surface area contributed by atoms with Crippen molar-refractivity contribution in [2.45, 2.75) is 31.3 Å². The lowest BCUT2D eigenvalue weighted by molar-refractivity contribution is -0.136. The first-order chi connectivity index (χ1) is 14.0. The molecule has 152 valence electrons. The second-order valence-electron chi connectivity index (χ2n) is 7.87. The number of benzene rings is 1. The van der Waals surface area contributed by atoms with Crippen molar-refractivity contribution in [3.8, 4) is 0 Å². The van der Waals surface area contributed by atoms with Gasteiger partial charge in [-0.1, -0.05) is 36.4 Å². The number of nitrogens with zero attached hydrogens (tertiary/aromatic N) is 2. The average Bonchev–Trinajstić information content (AvgIpc) is 2.73. The summed E-state index contributed by atoms with van der Waals surface area (Å²) >= 11 is 0. The third-order valence-corrected chi connectivity index (χ3v) is 6.06. The fourth-order valence-corrected chi connectivity index (χ4v) is 4.70. The molecule has 4 rings (SSSR count). The number of amides is 2. The number of nitrogens with one attached hydrogen (secondary N) is 1. The van der Waals surface area contributed by atoms with E-state index in [1.54, 1.807) is 15.5 Å². The van der Waals surface area contributed by atoms with Crippen LogP contribution in [0.3, 0.4) is 0 Å². The molecule has 0 unspecified atom stereocenters. The van der Waals surface area contributed by atoms with E-state index in [0.717, 1.165) is 17.7 Å². The van der Waals surface area contributed by atoms with E-state index in [4.69, 9.17) is 0 Å². The maximum absolute atomic E-state index is 13.3. The third kappa shape index (κ3) is 3.58. The minimum Gasteiger partial charge on any atom is -0.394 e. The van der Waals surface area contributed by atoms with E-state index in [2.05, 4.69) is 5.32 Å². The highest BCUT2D eigenvalue weighted by atomic mass is 16.3. The van der Waals surface area contributed by atoms with Crippen molar-refractivity contribution >= 4 is 11.8 Å². The van der Waals surface area contributed by atoms with Gasteiger partial charge in [0.2, 0.25) is 11.8 Å². The Bertz CT molecular complexity index is 972. The summed E-state index contributed by atoms with van der Waals surface area (Å²) in [6, 6.07) is 13.0. The number of pyridine rings is 1. The molecular weight excluding hydrogens is 370 g/mol. The van der Waals surface area contributed by atoms with E-state index in [1.807, 2.05) is 36.4 Å². The number of aromatic nitrogens is 1. The van der Waals surface area contributed by atoms with Gasteiger partial charge in [0.1, 0.15) is 6.04 Å². The van der Waals surface area contributed by atoms with Crippen molar-refractivity contribution in [3.05, 3.63) is 70.1 Å². The summed E-state index contributed by atoms with van der Waals surface area (Å²) in [5.41, 5.74) is 1.38. The lowest BCUT2D eigenvalue weighted by Gasteiger charge is -2.46. The van der Waals surface area contributed by atoms with Gasteiger partial charge in [-0.25, -0.2) is 0 Å². The monoisotopic (exact) mass is 395 g/mol. The number of fused-ring (bicyclic) bond motifs is 4. The molecule has 1 saturated heterocycles. The molecule has 3 heterocycles. The first-order valence-corrected chi connectivity index (χ1v) is 9.92. The largest absolute Gasteiger partial charge is 0.394 e. The Balaban J connectivity index is 1.69. The Morgan fingerprint density at radius 2 is 1.90 bits per heavy atom. The summed E-state index contributed by atoms with van der Waals surface area (Å²) in [5.74, 6) is -0.446. The molecule has 29 heavy (non-hydrogen) atoms. The van der Waals surface area contributed by atoms with Crippen molar-refractivity contribution in [3.63, 3.8) is 0 Å². The Morgan fingerprint density at radius 3 is 2.59 bits per heavy atom. The predicted octanol–water partition coefficient (Wildman–Crippen LogP) is 1.20. The Morgan fingerprint density at radius 1 is 1.14 bits per heavy atom. The summed E-state index contributed by atoms with van der Waals surface area (Å²) < 4.78 is 1.59. The normalized spacial score (nSPS) is 23.8. The van der Waals surface area contributed by atoms with Gasteiger partial charge in [0, 0.05) is 43.6 Å². The quantitative estimate of drug-likeness (QED) is 0.814. The van der Waals surface area contributed by atoms with Gasteiger partial charge in [0.05, 0.1) is 12.6 Å². The Hall–Kier alpha value is -2.93. The van der Waals surface area contributed by atoms with E-state index < -0.39 is 12.1 Å². The molecule has 7 nitrogen and oxygen atoms in total. The highest BCUT2D eigenvalue weighted by Gasteiger charge is 2.44. The molecule has 2 aromatic rings. The molecule has 0 spiro atoms. The number of carbonyl (C=O) groups is 2. The van der Waals surface area contributed by atoms with E-state index in [-0.39, 0.29) is 35.8 Å². The van der Waals surface area contributed by atoms with Crippen LogP contribution in [0, 0.1) is 5.92 Å². The fraction of sp³-hybridized carbons (Fsp3) is 0.409. The zero-order valence-corrected chi connectivity index (χ0v) is 16.3. The van der Waals surface area contributed by atoms with Gasteiger partial charge < -0.3 is 15.3 Å². The molecule has 7 heteroatoms. The molecule has 2 aliphatic heterocycles. The molecule has 2 bridgehead atoms. The third-order valence-electron chi connectivity index (χ3n) is 6.06. The van der Waals surface area contributed by atoms with Crippen LogP contribution in [0.1, 0.15) is 42.6 Å². The molecule has 0 aliphatic carbocycles. The molecule has 4 atom stereocenters. The van der Waals surface area contributed by atoms with Crippen LogP contribution in [0.2, 0.25) is 0 Å². The van der Waals surface area contributed by atoms with Gasteiger partial charge in [0.25, 0.3) is 5.56 Å². The van der Waals surface area contributed by atoms with E-state index in [9.17, 15) is 19.5 Å². The van der Waals surface area contributed by atoms with Crippen LogP contribution in [0.5, 0.6) is 0 Å². The van der Waals surface area contributed by atoms with Crippen LogP contribution < -0.4 is 10.9 Å². The first kappa shape index (κ1) is 19.4. The highest BCUT2D eigenvalue weighted by molar-refractivity contribution is 5.82. The number of piperidine rings is 1. The van der Waals surface area contributed by atoms with Crippen molar-refractivity contribution in [2.75, 3.05) is 19.7 Å². The average molecular weight is 395 g/mol. The molecule has 0 radical (unpaired) electrons. The zero-order valence-electron chi connectivity index (χ0n) is 16.3. The Kier molecular flexibility index (Phi) is 5.24. The van der Waals surface area contributed by atoms with Crippen LogP contribution in [0.4, 0.5) is 0 Å². The summed E-state index contributed by atoms with van der Waals surface area (Å²) in [4.78, 5) is 39.8. The van der Waals surface area contributed by atoms with Crippen LogP contribution in [-0.2, 0) is 9.59 Å². The number of aliphatic hydroxyl groups is 1. The minimum atomic E-state index is -0.713. The molecular formula is C22H25N3O4. The van der Waals surface area contributed by atoms with E-state index in [1.165, 1.54) is 13.0 Å². The molecule has 2 amide bonds. The molecule has 1 fully saturated rings. The zero-order chi connectivity index (χ0) is 20.5. The smallest absolute Gasteiger partial charge is 0.251 e. The standard InChI is InChI=1S/C22H25N3O4/c1-14(27)24-11-16-10-17(12-24)21(25-19(16)8-5-9-20(25)28)22(29)23-18(13-26)15-6-3-2-4-7-15/h2-9,16-18,21,26H,10-13H2,1H3,(H,23,29)/t16-,17+,18+,21-/m1/s1. The lowest BCUT2D eigenvalue weighted by Crippen LogP contribution is -2.54. The van der Waals surface area contributed by atoms with Gasteiger partial charge in [-0.3, -0.25) is 19.0 Å². The van der Waals surface area contributed by atoms with Crippen LogP contribution in [-0.4, -0.2) is 46.1 Å². The van der Waals surface area contributed by atoms with Gasteiger partial charge in [0.15, 0.2) is 0 Å².